The molecule has 10 heavy (non-hydrogen) atoms. The van der Waals surface area contributed by atoms with Gasteiger partial charge in [0.15, 0.2) is 0 Å². The second kappa shape index (κ2) is 2.84. The molecule has 0 fully saturated rings. The van der Waals surface area contributed by atoms with Crippen molar-refractivity contribution in [2.24, 2.45) is 5.92 Å². The number of halogens is 1. The quantitative estimate of drug-likeness (QED) is 0.548. The first kappa shape index (κ1) is 7.28. The number of nitrogens with one attached hydrogen (secondary N) is 1. The Bertz CT molecular complexity index is 186. The van der Waals surface area contributed by atoms with E-state index >= 15 is 0 Å². The summed E-state index contributed by atoms with van der Waals surface area (Å²) in [5.74, 6) is -0.0819. The largest absolute Gasteiger partial charge is 0.291 e. The third-order valence-corrected chi connectivity index (χ3v) is 1.60. The molecule has 0 amide bonds. The van der Waals surface area contributed by atoms with Crippen LogP contribution in [0.1, 0.15) is 13.3 Å². The lowest BCUT2D eigenvalue weighted by Crippen LogP contribution is -2.16. The van der Waals surface area contributed by atoms with Crippen LogP contribution in [0.3, 0.4) is 0 Å². The molecule has 1 unspecified atom stereocenters. The second-order valence-corrected chi connectivity index (χ2v) is 2.45. The average Bonchev–Trinajstić information content (AvgIpc) is 1.88. The highest BCUT2D eigenvalue weighted by Gasteiger charge is 2.13. The van der Waals surface area contributed by atoms with Crippen molar-refractivity contribution in [2.75, 3.05) is 0 Å². The molecule has 1 aliphatic rings. The zero-order valence-electron chi connectivity index (χ0n) is 5.76. The minimum Gasteiger partial charge on any atom is -0.291 e. The highest BCUT2D eigenvalue weighted by atomic mass is 19.1. The SMILES string of the molecule is CC1CC(F)=CC=C1NO. The first-order valence-electron chi connectivity index (χ1n) is 3.20. The smallest absolute Gasteiger partial charge is 0.101 e. The fraction of sp³-hybridized carbons (Fsp3) is 0.429. The topological polar surface area (TPSA) is 32.3 Å². The molecule has 0 heterocycles. The average molecular weight is 143 g/mol. The number of hydroxylamine groups is 1. The first-order chi connectivity index (χ1) is 4.74. The van der Waals surface area contributed by atoms with E-state index in [1.54, 1.807) is 6.08 Å². The van der Waals surface area contributed by atoms with E-state index < -0.39 is 0 Å². The van der Waals surface area contributed by atoms with Crippen LogP contribution >= 0.6 is 0 Å². The predicted molar refractivity (Wildman–Crippen MR) is 36.0 cm³/mol. The van der Waals surface area contributed by atoms with Gasteiger partial charge >= 0.3 is 0 Å². The maximum Gasteiger partial charge on any atom is 0.101 e. The van der Waals surface area contributed by atoms with Crippen LogP contribution in [-0.2, 0) is 0 Å². The molecule has 0 spiro atoms. The Morgan fingerprint density at radius 1 is 1.70 bits per heavy atom. The standard InChI is InChI=1S/C7H10FNO/c1-5-4-6(8)2-3-7(5)9-10/h2-3,5,9-10H,4H2,1H3. The molecule has 2 N–H and O–H groups in total. The zero-order chi connectivity index (χ0) is 7.56. The van der Waals surface area contributed by atoms with Crippen LogP contribution in [0.4, 0.5) is 4.39 Å². The Morgan fingerprint density at radius 3 is 2.90 bits per heavy atom. The van der Waals surface area contributed by atoms with E-state index in [0.717, 1.165) is 0 Å². The lowest BCUT2D eigenvalue weighted by Gasteiger charge is -2.16. The van der Waals surface area contributed by atoms with E-state index in [1.807, 2.05) is 12.4 Å². The third kappa shape index (κ3) is 1.36. The summed E-state index contributed by atoms with van der Waals surface area (Å²) in [6.45, 7) is 1.85. The Balaban J connectivity index is 2.71. The number of hydrogen-bond acceptors (Lipinski definition) is 2. The van der Waals surface area contributed by atoms with Crippen molar-refractivity contribution < 1.29 is 9.60 Å². The lowest BCUT2D eigenvalue weighted by atomic mass is 9.99. The summed E-state index contributed by atoms with van der Waals surface area (Å²) in [6.07, 6.45) is 3.28. The Morgan fingerprint density at radius 2 is 2.40 bits per heavy atom. The maximum atomic E-state index is 12.5. The van der Waals surface area contributed by atoms with Gasteiger partial charge < -0.3 is 0 Å². The van der Waals surface area contributed by atoms with Gasteiger partial charge in [0.25, 0.3) is 0 Å². The van der Waals surface area contributed by atoms with Gasteiger partial charge in [0.1, 0.15) is 5.83 Å². The van der Waals surface area contributed by atoms with Crippen molar-refractivity contribution in [3.8, 4) is 0 Å². The van der Waals surface area contributed by atoms with Crippen LogP contribution in [0, 0.1) is 5.92 Å². The van der Waals surface area contributed by atoms with Crippen LogP contribution in [0.25, 0.3) is 0 Å². The van der Waals surface area contributed by atoms with Gasteiger partial charge in [-0.05, 0) is 12.2 Å². The summed E-state index contributed by atoms with van der Waals surface area (Å²) >= 11 is 0. The van der Waals surface area contributed by atoms with Crippen molar-refractivity contribution in [1.82, 2.24) is 5.48 Å². The summed E-state index contributed by atoms with van der Waals surface area (Å²) in [7, 11) is 0. The molecule has 1 aliphatic carbocycles. The molecule has 0 radical (unpaired) electrons. The molecule has 56 valence electrons. The molecule has 0 aliphatic heterocycles. The monoisotopic (exact) mass is 143 g/mol. The van der Waals surface area contributed by atoms with E-state index in [-0.39, 0.29) is 11.7 Å². The highest BCUT2D eigenvalue weighted by molar-refractivity contribution is 5.20. The molecule has 2 nitrogen and oxygen atoms in total. The molecule has 0 saturated heterocycles. The van der Waals surface area contributed by atoms with E-state index in [4.69, 9.17) is 5.21 Å². The third-order valence-electron chi connectivity index (χ3n) is 1.60. The second-order valence-electron chi connectivity index (χ2n) is 2.45. The van der Waals surface area contributed by atoms with E-state index in [0.29, 0.717) is 12.1 Å². The summed E-state index contributed by atoms with van der Waals surface area (Å²) in [5, 5.41) is 8.48. The number of allylic oxidation sites excluding steroid dienone is 4. The molecule has 3 heteroatoms. The summed E-state index contributed by atoms with van der Waals surface area (Å²) in [4.78, 5) is 0. The van der Waals surface area contributed by atoms with Crippen LogP contribution in [-0.4, -0.2) is 5.21 Å². The Kier molecular flexibility index (Phi) is 2.06. The Labute approximate surface area is 59.0 Å². The zero-order valence-corrected chi connectivity index (χ0v) is 5.76. The minimum absolute atomic E-state index is 0.0509. The lowest BCUT2D eigenvalue weighted by molar-refractivity contribution is 0.185. The van der Waals surface area contributed by atoms with Crippen LogP contribution in [0.2, 0.25) is 0 Å². The fourth-order valence-corrected chi connectivity index (χ4v) is 0.962. The molecule has 0 bridgehead atoms. The molecule has 1 rings (SSSR count). The molecule has 0 aromatic heterocycles. The molecule has 0 saturated carbocycles. The predicted octanol–water partition coefficient (Wildman–Crippen LogP) is 1.74. The molecular formula is C7H10FNO. The van der Waals surface area contributed by atoms with E-state index in [2.05, 4.69) is 0 Å². The summed E-state index contributed by atoms with van der Waals surface area (Å²) in [5.41, 5.74) is 2.69. The van der Waals surface area contributed by atoms with Gasteiger partial charge in [-0.2, -0.15) is 0 Å². The summed E-state index contributed by atoms with van der Waals surface area (Å²) in [6, 6.07) is 0. The molecule has 0 aromatic rings. The van der Waals surface area contributed by atoms with Crippen molar-refractivity contribution in [3.05, 3.63) is 23.7 Å². The van der Waals surface area contributed by atoms with Crippen molar-refractivity contribution in [1.29, 1.82) is 0 Å². The first-order valence-corrected chi connectivity index (χ1v) is 3.20. The van der Waals surface area contributed by atoms with Gasteiger partial charge in [-0.25, -0.2) is 4.39 Å². The Hall–Kier alpha value is -0.830. The number of hydrogen-bond donors (Lipinski definition) is 2. The highest BCUT2D eigenvalue weighted by Crippen LogP contribution is 2.22. The van der Waals surface area contributed by atoms with Gasteiger partial charge in [0, 0.05) is 18.0 Å². The van der Waals surface area contributed by atoms with Gasteiger partial charge in [0.2, 0.25) is 0 Å². The van der Waals surface area contributed by atoms with Crippen molar-refractivity contribution in [2.45, 2.75) is 13.3 Å². The minimum atomic E-state index is -0.133. The maximum absolute atomic E-state index is 12.5. The summed E-state index contributed by atoms with van der Waals surface area (Å²) < 4.78 is 12.5. The molecular weight excluding hydrogens is 133 g/mol. The van der Waals surface area contributed by atoms with Gasteiger partial charge in [-0.1, -0.05) is 6.92 Å². The van der Waals surface area contributed by atoms with Gasteiger partial charge in [-0.3, -0.25) is 10.7 Å². The van der Waals surface area contributed by atoms with Gasteiger partial charge in [0.05, 0.1) is 0 Å². The number of rotatable bonds is 1. The van der Waals surface area contributed by atoms with Crippen LogP contribution in [0.5, 0.6) is 0 Å². The van der Waals surface area contributed by atoms with Crippen molar-refractivity contribution in [3.63, 3.8) is 0 Å². The molecule has 0 aromatic carbocycles. The fourth-order valence-electron chi connectivity index (χ4n) is 0.962. The molecule has 1 atom stereocenters. The normalized spacial score (nSPS) is 25.3. The van der Waals surface area contributed by atoms with Crippen LogP contribution < -0.4 is 5.48 Å². The van der Waals surface area contributed by atoms with Gasteiger partial charge in [-0.15, -0.1) is 0 Å². The van der Waals surface area contributed by atoms with Crippen molar-refractivity contribution >= 4 is 0 Å². The van der Waals surface area contributed by atoms with E-state index in [9.17, 15) is 4.39 Å². The van der Waals surface area contributed by atoms with Crippen LogP contribution in [0.15, 0.2) is 23.7 Å². The van der Waals surface area contributed by atoms with E-state index in [1.165, 1.54) is 6.08 Å².